The summed E-state index contributed by atoms with van der Waals surface area (Å²) in [5, 5.41) is 17.7. The van der Waals surface area contributed by atoms with Gasteiger partial charge in [0.1, 0.15) is 0 Å². The Bertz CT molecular complexity index is 715. The maximum Gasteiger partial charge on any atom is 0.305 e. The van der Waals surface area contributed by atoms with E-state index in [0.717, 1.165) is 6.42 Å². The molecule has 2 rings (SSSR count). The van der Waals surface area contributed by atoms with Gasteiger partial charge >= 0.3 is 5.97 Å². The first-order valence-electron chi connectivity index (χ1n) is 6.55. The molecular weight excluding hydrogens is 292 g/mol. The first-order valence-corrected chi connectivity index (χ1v) is 8.03. The molecule has 1 fully saturated rings. The number of sulfonamides is 1. The van der Waals surface area contributed by atoms with Crippen LogP contribution in [0.25, 0.3) is 0 Å². The molecule has 1 aromatic rings. The normalized spacial score (nSPS) is 16.8. The molecule has 0 bridgehead atoms. The van der Waals surface area contributed by atoms with Crippen molar-refractivity contribution >= 4 is 16.0 Å². The number of aryl methyl sites for hydroxylation is 1. The van der Waals surface area contributed by atoms with Gasteiger partial charge in [-0.15, -0.1) is 0 Å². The largest absolute Gasteiger partial charge is 0.481 e. The molecular formula is C14H16N2O4S. The number of nitriles is 1. The second-order valence-corrected chi connectivity index (χ2v) is 7.05. The monoisotopic (exact) mass is 308 g/mol. The number of nitrogens with zero attached hydrogens (tertiary/aromatic N) is 1. The van der Waals surface area contributed by atoms with E-state index in [4.69, 9.17) is 10.4 Å². The molecule has 0 atom stereocenters. The molecule has 2 N–H and O–H groups in total. The van der Waals surface area contributed by atoms with E-state index in [0.29, 0.717) is 24.0 Å². The van der Waals surface area contributed by atoms with Crippen LogP contribution in [0.5, 0.6) is 0 Å². The molecule has 0 aromatic heterocycles. The zero-order valence-corrected chi connectivity index (χ0v) is 12.4. The minimum absolute atomic E-state index is 0.0816. The molecule has 1 aromatic carbocycles. The van der Waals surface area contributed by atoms with E-state index in [-0.39, 0.29) is 11.3 Å². The van der Waals surface area contributed by atoms with Gasteiger partial charge in [-0.25, -0.2) is 13.1 Å². The lowest BCUT2D eigenvalue weighted by Gasteiger charge is -2.41. The van der Waals surface area contributed by atoms with Gasteiger partial charge < -0.3 is 5.11 Å². The van der Waals surface area contributed by atoms with Gasteiger partial charge in [0.05, 0.1) is 22.9 Å². The van der Waals surface area contributed by atoms with Crippen molar-refractivity contribution < 1.29 is 18.3 Å². The molecule has 0 saturated heterocycles. The van der Waals surface area contributed by atoms with E-state index in [1.807, 2.05) is 6.07 Å². The van der Waals surface area contributed by atoms with E-state index in [2.05, 4.69) is 4.72 Å². The van der Waals surface area contributed by atoms with Gasteiger partial charge in [-0.05, 0) is 49.9 Å². The molecule has 0 aliphatic heterocycles. The van der Waals surface area contributed by atoms with Crippen molar-refractivity contribution in [2.75, 3.05) is 0 Å². The maximum absolute atomic E-state index is 12.5. The zero-order chi connectivity index (χ0) is 15.7. The second-order valence-electron chi connectivity index (χ2n) is 5.40. The van der Waals surface area contributed by atoms with Crippen molar-refractivity contribution in [2.45, 2.75) is 43.0 Å². The van der Waals surface area contributed by atoms with Gasteiger partial charge in [-0.1, -0.05) is 0 Å². The lowest BCUT2D eigenvalue weighted by atomic mass is 9.75. The summed E-state index contributed by atoms with van der Waals surface area (Å²) in [6, 6.07) is 6.26. The highest BCUT2D eigenvalue weighted by Gasteiger charge is 2.42. The Balaban J connectivity index is 2.30. The molecule has 1 saturated carbocycles. The Labute approximate surface area is 123 Å². The predicted octanol–water partition coefficient (Wildman–Crippen LogP) is 1.54. The quantitative estimate of drug-likeness (QED) is 0.858. The number of rotatable bonds is 5. The highest BCUT2D eigenvalue weighted by atomic mass is 32.2. The van der Waals surface area contributed by atoms with E-state index < -0.39 is 21.5 Å². The molecule has 0 spiro atoms. The summed E-state index contributed by atoms with van der Waals surface area (Å²) >= 11 is 0. The average molecular weight is 308 g/mol. The molecule has 0 radical (unpaired) electrons. The summed E-state index contributed by atoms with van der Waals surface area (Å²) in [5.74, 6) is -1.02. The summed E-state index contributed by atoms with van der Waals surface area (Å²) in [6.45, 7) is 1.61. The number of carbonyl (C=O) groups is 1. The lowest BCUT2D eigenvalue weighted by molar-refractivity contribution is -0.139. The van der Waals surface area contributed by atoms with Crippen LogP contribution in [0.4, 0.5) is 0 Å². The first-order chi connectivity index (χ1) is 9.78. The highest BCUT2D eigenvalue weighted by Crippen LogP contribution is 2.36. The van der Waals surface area contributed by atoms with Crippen molar-refractivity contribution in [1.29, 1.82) is 5.26 Å². The number of carboxylic acids is 1. The van der Waals surface area contributed by atoms with Gasteiger partial charge in [0, 0.05) is 5.54 Å². The van der Waals surface area contributed by atoms with E-state index in [1.165, 1.54) is 18.2 Å². The Morgan fingerprint density at radius 2 is 2.14 bits per heavy atom. The van der Waals surface area contributed by atoms with Gasteiger partial charge in [-0.2, -0.15) is 5.26 Å². The van der Waals surface area contributed by atoms with Gasteiger partial charge in [0.25, 0.3) is 0 Å². The van der Waals surface area contributed by atoms with Crippen LogP contribution < -0.4 is 4.72 Å². The second kappa shape index (κ2) is 5.47. The molecule has 0 amide bonds. The van der Waals surface area contributed by atoms with Gasteiger partial charge in [-0.3, -0.25) is 4.79 Å². The topological polar surface area (TPSA) is 107 Å². The van der Waals surface area contributed by atoms with E-state index >= 15 is 0 Å². The van der Waals surface area contributed by atoms with Crippen LogP contribution in [0.15, 0.2) is 23.1 Å². The standard InChI is InChI=1S/C14H16N2O4S/c1-10-7-11(9-15)3-4-12(10)21(19,20)16-14(5-2-6-14)8-13(17)18/h3-4,7,16H,2,5-6,8H2,1H3,(H,17,18). The van der Waals surface area contributed by atoms with E-state index in [9.17, 15) is 13.2 Å². The van der Waals surface area contributed by atoms with Crippen LogP contribution in [0.3, 0.4) is 0 Å². The van der Waals surface area contributed by atoms with Crippen LogP contribution in [-0.4, -0.2) is 25.0 Å². The average Bonchev–Trinajstić information content (AvgIpc) is 2.34. The Hall–Kier alpha value is -1.91. The number of hydrogen-bond acceptors (Lipinski definition) is 4. The van der Waals surface area contributed by atoms with Crippen LogP contribution in [0.1, 0.15) is 36.8 Å². The van der Waals surface area contributed by atoms with Crippen molar-refractivity contribution in [3.8, 4) is 6.07 Å². The third-order valence-electron chi connectivity index (χ3n) is 3.74. The Morgan fingerprint density at radius 1 is 1.48 bits per heavy atom. The first kappa shape index (κ1) is 15.5. The molecule has 112 valence electrons. The Morgan fingerprint density at radius 3 is 2.57 bits per heavy atom. The fraction of sp³-hybridized carbons (Fsp3) is 0.429. The van der Waals surface area contributed by atoms with Crippen molar-refractivity contribution in [2.24, 2.45) is 0 Å². The summed E-state index contributed by atoms with van der Waals surface area (Å²) in [4.78, 5) is 11.0. The molecule has 1 aliphatic rings. The number of nitrogens with one attached hydrogen (secondary N) is 1. The lowest BCUT2D eigenvalue weighted by Crippen LogP contribution is -2.54. The third kappa shape index (κ3) is 3.23. The van der Waals surface area contributed by atoms with E-state index in [1.54, 1.807) is 6.92 Å². The number of aliphatic carboxylic acids is 1. The molecule has 0 unspecified atom stereocenters. The fourth-order valence-corrected chi connectivity index (χ4v) is 4.25. The molecule has 6 nitrogen and oxygen atoms in total. The summed E-state index contributed by atoms with van der Waals surface area (Å²) in [5.41, 5.74) is -0.0351. The highest BCUT2D eigenvalue weighted by molar-refractivity contribution is 7.89. The van der Waals surface area contributed by atoms with Crippen LogP contribution in [-0.2, 0) is 14.8 Å². The molecule has 0 heterocycles. The van der Waals surface area contributed by atoms with Gasteiger partial charge in [0.15, 0.2) is 0 Å². The van der Waals surface area contributed by atoms with Crippen molar-refractivity contribution in [1.82, 2.24) is 4.72 Å². The van der Waals surface area contributed by atoms with Crippen molar-refractivity contribution in [3.05, 3.63) is 29.3 Å². The Kier molecular flexibility index (Phi) is 4.03. The SMILES string of the molecule is Cc1cc(C#N)ccc1S(=O)(=O)NC1(CC(=O)O)CCC1. The summed E-state index contributed by atoms with van der Waals surface area (Å²) in [6.07, 6.45) is 1.63. The molecule has 21 heavy (non-hydrogen) atoms. The van der Waals surface area contributed by atoms with Crippen LogP contribution >= 0.6 is 0 Å². The predicted molar refractivity (Wildman–Crippen MR) is 75.1 cm³/mol. The fourth-order valence-electron chi connectivity index (χ4n) is 2.57. The minimum Gasteiger partial charge on any atom is -0.481 e. The van der Waals surface area contributed by atoms with Crippen molar-refractivity contribution in [3.63, 3.8) is 0 Å². The number of hydrogen-bond donors (Lipinski definition) is 2. The van der Waals surface area contributed by atoms with Gasteiger partial charge in [0.2, 0.25) is 10.0 Å². The van der Waals surface area contributed by atoms with Crippen LogP contribution in [0.2, 0.25) is 0 Å². The van der Waals surface area contributed by atoms with Crippen LogP contribution in [0, 0.1) is 18.3 Å². The third-order valence-corrected chi connectivity index (χ3v) is 5.48. The number of carboxylic acid groups (broad SMARTS) is 1. The summed E-state index contributed by atoms with van der Waals surface area (Å²) < 4.78 is 27.5. The zero-order valence-electron chi connectivity index (χ0n) is 11.6. The summed E-state index contributed by atoms with van der Waals surface area (Å²) in [7, 11) is -3.80. The smallest absolute Gasteiger partial charge is 0.305 e. The number of benzene rings is 1. The minimum atomic E-state index is -3.80. The molecule has 7 heteroatoms. The molecule has 1 aliphatic carbocycles. The maximum atomic E-state index is 12.5.